The Morgan fingerprint density at radius 2 is 2.04 bits per heavy atom. The van der Waals surface area contributed by atoms with Crippen LogP contribution < -0.4 is 0 Å². The summed E-state index contributed by atoms with van der Waals surface area (Å²) < 4.78 is 0. The fourth-order valence-corrected chi connectivity index (χ4v) is 3.79. The maximum Gasteiger partial charge on any atom is 0.303 e. The highest BCUT2D eigenvalue weighted by atomic mass is 17.2. The molecule has 0 aromatic rings. The standard InChI is InChI=1S/C20H32O6/c1-2-3-6-9-15(24-23)12-13-17-16(18-14-19(17)26-25-18)10-7-4-5-8-11-20(21)22/h4,7,12-13,15-19,23H,2-3,5-6,8-11,14H2,1H3,(H,21,22)/b7-4-,13-12+/t15-,16+,17+,18+,19-/m0/s1. The predicted molar refractivity (Wildman–Crippen MR) is 97.4 cm³/mol. The van der Waals surface area contributed by atoms with E-state index in [0.29, 0.717) is 12.3 Å². The molecule has 26 heavy (non-hydrogen) atoms. The zero-order valence-corrected chi connectivity index (χ0v) is 15.6. The molecule has 148 valence electrons. The zero-order chi connectivity index (χ0) is 18.8. The van der Waals surface area contributed by atoms with Gasteiger partial charge in [0.25, 0.3) is 0 Å². The van der Waals surface area contributed by atoms with Crippen LogP contribution in [0, 0.1) is 11.8 Å². The third-order valence-electron chi connectivity index (χ3n) is 5.28. The maximum absolute atomic E-state index is 10.5. The first kappa shape index (κ1) is 21.1. The Labute approximate surface area is 155 Å². The minimum atomic E-state index is -0.748. The van der Waals surface area contributed by atoms with Gasteiger partial charge < -0.3 is 5.11 Å². The molecule has 2 aliphatic rings. The number of hydrogen-bond donors (Lipinski definition) is 2. The molecule has 2 N–H and O–H groups in total. The Morgan fingerprint density at radius 3 is 2.77 bits per heavy atom. The largest absolute Gasteiger partial charge is 0.481 e. The molecule has 6 heteroatoms. The molecule has 0 radical (unpaired) electrons. The molecule has 0 unspecified atom stereocenters. The van der Waals surface area contributed by atoms with Crippen LogP contribution in [-0.4, -0.2) is 34.6 Å². The van der Waals surface area contributed by atoms with Gasteiger partial charge in [0.2, 0.25) is 0 Å². The second-order valence-electron chi connectivity index (χ2n) is 7.26. The van der Waals surface area contributed by atoms with Gasteiger partial charge in [0.05, 0.1) is 6.10 Å². The van der Waals surface area contributed by atoms with Crippen molar-refractivity contribution < 1.29 is 29.8 Å². The molecule has 2 bridgehead atoms. The molecule has 0 amide bonds. The van der Waals surface area contributed by atoms with Gasteiger partial charge >= 0.3 is 5.97 Å². The van der Waals surface area contributed by atoms with Crippen molar-refractivity contribution in [3.8, 4) is 0 Å². The Bertz CT molecular complexity index is 475. The second kappa shape index (κ2) is 11.5. The van der Waals surface area contributed by atoms with Crippen LogP contribution in [0.5, 0.6) is 0 Å². The quantitative estimate of drug-likeness (QED) is 0.215. The highest BCUT2D eigenvalue weighted by molar-refractivity contribution is 5.66. The first-order chi connectivity index (χ1) is 12.7. The van der Waals surface area contributed by atoms with Crippen molar-refractivity contribution in [2.75, 3.05) is 0 Å². The molecule has 1 aliphatic heterocycles. The summed E-state index contributed by atoms with van der Waals surface area (Å²) in [6.45, 7) is 2.15. The van der Waals surface area contributed by atoms with Gasteiger partial charge in [0.15, 0.2) is 0 Å². The van der Waals surface area contributed by atoms with E-state index in [1.807, 2.05) is 6.08 Å². The maximum atomic E-state index is 10.5. The van der Waals surface area contributed by atoms with Crippen LogP contribution in [0.2, 0.25) is 0 Å². The molecule has 0 aromatic carbocycles. The van der Waals surface area contributed by atoms with Gasteiger partial charge in [-0.3, -0.25) is 10.1 Å². The highest BCUT2D eigenvalue weighted by Gasteiger charge is 2.49. The number of rotatable bonds is 13. The number of fused-ring (bicyclic) bond motifs is 2. The number of hydrogen-bond acceptors (Lipinski definition) is 5. The lowest BCUT2D eigenvalue weighted by Crippen LogP contribution is -2.29. The van der Waals surface area contributed by atoms with E-state index in [9.17, 15) is 4.79 Å². The molecule has 0 aromatic heterocycles. The Morgan fingerprint density at radius 1 is 1.23 bits per heavy atom. The van der Waals surface area contributed by atoms with Crippen molar-refractivity contribution in [3.63, 3.8) is 0 Å². The van der Waals surface area contributed by atoms with Crippen molar-refractivity contribution in [1.29, 1.82) is 0 Å². The average molecular weight is 368 g/mol. The van der Waals surface area contributed by atoms with Crippen molar-refractivity contribution in [1.82, 2.24) is 0 Å². The summed E-state index contributed by atoms with van der Waals surface area (Å²) in [5.74, 6) is -0.154. The van der Waals surface area contributed by atoms with Gasteiger partial charge in [-0.25, -0.2) is 14.7 Å². The summed E-state index contributed by atoms with van der Waals surface area (Å²) >= 11 is 0. The van der Waals surface area contributed by atoms with Gasteiger partial charge in [-0.15, -0.1) is 0 Å². The average Bonchev–Trinajstić information content (AvgIpc) is 3.22. The Kier molecular flexibility index (Phi) is 9.32. The first-order valence-electron chi connectivity index (χ1n) is 9.83. The number of carboxylic acid groups (broad SMARTS) is 1. The van der Waals surface area contributed by atoms with E-state index in [-0.39, 0.29) is 30.7 Å². The SMILES string of the molecule is CCCCC[C@@H](/C=C/[C@@H]1[C@@H](C/C=C\CCCC(=O)O)[C@H]2C[C@@H]1OO2)OO. The molecule has 0 spiro atoms. The number of aliphatic carboxylic acids is 1. The molecule has 1 saturated carbocycles. The monoisotopic (exact) mass is 368 g/mol. The van der Waals surface area contributed by atoms with E-state index in [1.165, 1.54) is 0 Å². The lowest BCUT2D eigenvalue weighted by atomic mass is 9.89. The lowest BCUT2D eigenvalue weighted by molar-refractivity contribution is -0.336. The van der Waals surface area contributed by atoms with E-state index in [1.54, 1.807) is 0 Å². The molecular formula is C20H32O6. The van der Waals surface area contributed by atoms with Crippen LogP contribution in [0.4, 0.5) is 0 Å². The van der Waals surface area contributed by atoms with E-state index in [2.05, 4.69) is 30.0 Å². The number of allylic oxidation sites excluding steroid dienone is 2. The smallest absolute Gasteiger partial charge is 0.303 e. The first-order valence-corrected chi connectivity index (χ1v) is 9.83. The van der Waals surface area contributed by atoms with Crippen LogP contribution in [0.1, 0.15) is 64.7 Å². The minimum Gasteiger partial charge on any atom is -0.481 e. The summed E-state index contributed by atoms with van der Waals surface area (Å²) in [7, 11) is 0. The zero-order valence-electron chi connectivity index (χ0n) is 15.6. The molecule has 1 saturated heterocycles. The van der Waals surface area contributed by atoms with Gasteiger partial charge in [-0.2, -0.15) is 0 Å². The molecular weight excluding hydrogens is 336 g/mol. The second-order valence-corrected chi connectivity index (χ2v) is 7.26. The molecule has 1 heterocycles. The topological polar surface area (TPSA) is 85.2 Å². The summed E-state index contributed by atoms with van der Waals surface area (Å²) in [4.78, 5) is 25.9. The third-order valence-corrected chi connectivity index (χ3v) is 5.28. The number of carbonyl (C=O) groups is 1. The Balaban J connectivity index is 1.82. The van der Waals surface area contributed by atoms with Crippen molar-refractivity contribution in [2.45, 2.75) is 83.0 Å². The summed E-state index contributed by atoms with van der Waals surface area (Å²) in [5, 5.41) is 17.8. The van der Waals surface area contributed by atoms with Gasteiger partial charge in [-0.05, 0) is 25.7 Å². The van der Waals surface area contributed by atoms with Crippen LogP contribution >= 0.6 is 0 Å². The summed E-state index contributed by atoms with van der Waals surface area (Å²) in [5.41, 5.74) is 0. The van der Waals surface area contributed by atoms with Crippen molar-refractivity contribution in [2.24, 2.45) is 11.8 Å². The van der Waals surface area contributed by atoms with E-state index >= 15 is 0 Å². The van der Waals surface area contributed by atoms with Gasteiger partial charge in [0, 0.05) is 24.7 Å². The fourth-order valence-electron chi connectivity index (χ4n) is 3.79. The molecule has 6 nitrogen and oxygen atoms in total. The van der Waals surface area contributed by atoms with Gasteiger partial charge in [0.1, 0.15) is 12.2 Å². The number of carboxylic acids is 1. The Hall–Kier alpha value is -1.21. The van der Waals surface area contributed by atoms with E-state index < -0.39 is 5.97 Å². The van der Waals surface area contributed by atoms with E-state index in [0.717, 1.165) is 44.9 Å². The molecule has 5 atom stereocenters. The van der Waals surface area contributed by atoms with Gasteiger partial charge in [-0.1, -0.05) is 50.5 Å². The normalized spacial score (nSPS) is 29.2. The van der Waals surface area contributed by atoms with Crippen LogP contribution in [0.15, 0.2) is 24.3 Å². The number of unbranched alkanes of at least 4 members (excludes halogenated alkanes) is 3. The van der Waals surface area contributed by atoms with Crippen LogP contribution in [0.25, 0.3) is 0 Å². The molecule has 1 aliphatic carbocycles. The minimum absolute atomic E-state index is 0.0663. The van der Waals surface area contributed by atoms with Crippen LogP contribution in [-0.2, 0) is 19.5 Å². The van der Waals surface area contributed by atoms with Crippen molar-refractivity contribution >= 4 is 5.97 Å². The summed E-state index contributed by atoms with van der Waals surface area (Å²) in [6, 6.07) is 0. The van der Waals surface area contributed by atoms with Crippen molar-refractivity contribution in [3.05, 3.63) is 24.3 Å². The fraction of sp³-hybridized carbons (Fsp3) is 0.750. The molecule has 2 fully saturated rings. The van der Waals surface area contributed by atoms with Crippen LogP contribution in [0.3, 0.4) is 0 Å². The third kappa shape index (κ3) is 6.50. The molecule has 2 rings (SSSR count). The predicted octanol–water partition coefficient (Wildman–Crippen LogP) is 4.52. The highest BCUT2D eigenvalue weighted by Crippen LogP contribution is 2.44. The summed E-state index contributed by atoms with van der Waals surface area (Å²) in [6.07, 6.45) is 15.7. The lowest BCUT2D eigenvalue weighted by Gasteiger charge is -2.27. The van der Waals surface area contributed by atoms with E-state index in [4.69, 9.17) is 20.1 Å².